The molecule has 0 saturated heterocycles. The van der Waals surface area contributed by atoms with E-state index >= 15 is 0 Å². The Bertz CT molecular complexity index is 578. The van der Waals surface area contributed by atoms with Crippen molar-refractivity contribution in [2.75, 3.05) is 6.61 Å². The second-order valence-electron chi connectivity index (χ2n) is 7.46. The standard InChI is InChI=1S/C18H27FN2O3/c1-11(20)15-9-13(19)5-6-16(15)23-10-12-7-14(8-12)21-17(22)24-18(2,3)4/h5-6,9,11-12,14H,7-8,10,20H2,1-4H3,(H,21,22)/t11-,12?,14?/m0/s1. The molecule has 1 aliphatic rings. The van der Waals surface area contributed by atoms with E-state index in [1.54, 1.807) is 13.0 Å². The van der Waals surface area contributed by atoms with E-state index in [0.717, 1.165) is 12.8 Å². The summed E-state index contributed by atoms with van der Waals surface area (Å²) < 4.78 is 24.3. The predicted molar refractivity (Wildman–Crippen MR) is 90.4 cm³/mol. The highest BCUT2D eigenvalue weighted by Gasteiger charge is 2.32. The number of amides is 1. The van der Waals surface area contributed by atoms with Crippen LogP contribution in [0.4, 0.5) is 9.18 Å². The normalized spacial score (nSPS) is 21.6. The first-order valence-corrected chi connectivity index (χ1v) is 8.31. The van der Waals surface area contributed by atoms with Crippen LogP contribution in [0.5, 0.6) is 5.75 Å². The van der Waals surface area contributed by atoms with Crippen molar-refractivity contribution in [1.29, 1.82) is 0 Å². The highest BCUT2D eigenvalue weighted by molar-refractivity contribution is 5.68. The fraction of sp³-hybridized carbons (Fsp3) is 0.611. The molecular formula is C18H27FN2O3. The Labute approximate surface area is 142 Å². The van der Waals surface area contributed by atoms with E-state index in [0.29, 0.717) is 23.8 Å². The Kier molecular flexibility index (Phi) is 5.70. The molecule has 3 N–H and O–H groups in total. The van der Waals surface area contributed by atoms with Crippen LogP contribution < -0.4 is 15.8 Å². The van der Waals surface area contributed by atoms with Gasteiger partial charge in [-0.1, -0.05) is 0 Å². The van der Waals surface area contributed by atoms with Gasteiger partial charge in [-0.05, 0) is 64.7 Å². The molecule has 0 aromatic heterocycles. The fourth-order valence-electron chi connectivity index (χ4n) is 2.68. The number of nitrogens with two attached hydrogens (primary N) is 1. The second kappa shape index (κ2) is 7.38. The number of benzene rings is 1. The molecule has 0 aliphatic heterocycles. The molecule has 1 aromatic carbocycles. The van der Waals surface area contributed by atoms with Crippen LogP contribution in [0, 0.1) is 11.7 Å². The summed E-state index contributed by atoms with van der Waals surface area (Å²) >= 11 is 0. The largest absolute Gasteiger partial charge is 0.493 e. The molecule has 134 valence electrons. The minimum Gasteiger partial charge on any atom is -0.493 e. The molecular weight excluding hydrogens is 311 g/mol. The first-order valence-electron chi connectivity index (χ1n) is 8.31. The lowest BCUT2D eigenvalue weighted by atomic mass is 9.81. The summed E-state index contributed by atoms with van der Waals surface area (Å²) in [6.07, 6.45) is 1.30. The topological polar surface area (TPSA) is 73.6 Å². The molecule has 1 saturated carbocycles. The Hall–Kier alpha value is -1.82. The van der Waals surface area contributed by atoms with E-state index in [9.17, 15) is 9.18 Å². The second-order valence-corrected chi connectivity index (χ2v) is 7.46. The van der Waals surface area contributed by atoms with E-state index in [4.69, 9.17) is 15.2 Å². The average molecular weight is 338 g/mol. The summed E-state index contributed by atoms with van der Waals surface area (Å²) in [6, 6.07) is 4.22. The number of rotatable bonds is 5. The van der Waals surface area contributed by atoms with E-state index < -0.39 is 5.60 Å². The molecule has 1 fully saturated rings. The van der Waals surface area contributed by atoms with Crippen LogP contribution >= 0.6 is 0 Å². The lowest BCUT2D eigenvalue weighted by Gasteiger charge is -2.36. The van der Waals surface area contributed by atoms with Gasteiger partial charge < -0.3 is 20.5 Å². The third-order valence-electron chi connectivity index (χ3n) is 3.89. The van der Waals surface area contributed by atoms with Gasteiger partial charge in [-0.15, -0.1) is 0 Å². The van der Waals surface area contributed by atoms with Gasteiger partial charge in [-0.3, -0.25) is 0 Å². The number of carbonyl (C=O) groups excluding carboxylic acids is 1. The van der Waals surface area contributed by atoms with Crippen molar-refractivity contribution in [3.05, 3.63) is 29.6 Å². The molecule has 1 atom stereocenters. The maximum absolute atomic E-state index is 13.3. The molecule has 0 spiro atoms. The monoisotopic (exact) mass is 338 g/mol. The number of nitrogens with one attached hydrogen (secondary N) is 1. The lowest BCUT2D eigenvalue weighted by molar-refractivity contribution is 0.0428. The third-order valence-corrected chi connectivity index (χ3v) is 3.89. The Balaban J connectivity index is 1.76. The molecule has 0 bridgehead atoms. The minimum atomic E-state index is -0.492. The van der Waals surface area contributed by atoms with Crippen LogP contribution in [0.3, 0.4) is 0 Å². The number of ether oxygens (including phenoxy) is 2. The number of carbonyl (C=O) groups is 1. The quantitative estimate of drug-likeness (QED) is 0.861. The first kappa shape index (κ1) is 18.5. The molecule has 6 heteroatoms. The molecule has 0 unspecified atom stereocenters. The van der Waals surface area contributed by atoms with Crippen LogP contribution in [-0.4, -0.2) is 24.3 Å². The lowest BCUT2D eigenvalue weighted by Crippen LogP contribution is -2.47. The zero-order chi connectivity index (χ0) is 17.9. The fourth-order valence-corrected chi connectivity index (χ4v) is 2.68. The summed E-state index contributed by atoms with van der Waals surface area (Å²) in [7, 11) is 0. The zero-order valence-electron chi connectivity index (χ0n) is 14.8. The van der Waals surface area contributed by atoms with Crippen molar-refractivity contribution in [3.63, 3.8) is 0 Å². The molecule has 24 heavy (non-hydrogen) atoms. The van der Waals surface area contributed by atoms with Crippen molar-refractivity contribution in [2.24, 2.45) is 11.7 Å². The van der Waals surface area contributed by atoms with Crippen LogP contribution in [0.1, 0.15) is 52.1 Å². The van der Waals surface area contributed by atoms with Gasteiger partial charge in [0.15, 0.2) is 0 Å². The highest BCUT2D eigenvalue weighted by atomic mass is 19.1. The van der Waals surface area contributed by atoms with Crippen molar-refractivity contribution in [3.8, 4) is 5.75 Å². The van der Waals surface area contributed by atoms with Gasteiger partial charge in [0.05, 0.1) is 6.61 Å². The Morgan fingerprint density at radius 1 is 1.42 bits per heavy atom. The van der Waals surface area contributed by atoms with Gasteiger partial charge in [-0.25, -0.2) is 9.18 Å². The summed E-state index contributed by atoms with van der Waals surface area (Å²) in [6.45, 7) is 7.83. The van der Waals surface area contributed by atoms with E-state index in [1.165, 1.54) is 12.1 Å². The van der Waals surface area contributed by atoms with Crippen LogP contribution in [0.25, 0.3) is 0 Å². The maximum Gasteiger partial charge on any atom is 0.407 e. The van der Waals surface area contributed by atoms with Crippen LogP contribution in [0.2, 0.25) is 0 Å². The summed E-state index contributed by atoms with van der Waals surface area (Å²) in [5, 5.41) is 2.85. The Morgan fingerprint density at radius 3 is 2.67 bits per heavy atom. The summed E-state index contributed by atoms with van der Waals surface area (Å²) in [5.74, 6) is 0.658. The highest BCUT2D eigenvalue weighted by Crippen LogP contribution is 2.30. The van der Waals surface area contributed by atoms with E-state index in [-0.39, 0.29) is 24.0 Å². The maximum atomic E-state index is 13.3. The van der Waals surface area contributed by atoms with Crippen LogP contribution in [-0.2, 0) is 4.74 Å². The molecule has 0 heterocycles. The summed E-state index contributed by atoms with van der Waals surface area (Å²) in [4.78, 5) is 11.7. The van der Waals surface area contributed by atoms with Gasteiger partial charge in [0.2, 0.25) is 0 Å². The number of hydrogen-bond acceptors (Lipinski definition) is 4. The van der Waals surface area contributed by atoms with E-state index in [2.05, 4.69) is 5.32 Å². The van der Waals surface area contributed by atoms with Crippen molar-refractivity contribution < 1.29 is 18.7 Å². The molecule has 1 amide bonds. The first-order chi connectivity index (χ1) is 11.1. The SMILES string of the molecule is C[C@H](N)c1cc(F)ccc1OCC1CC(NC(=O)OC(C)(C)C)C1. The van der Waals surface area contributed by atoms with E-state index in [1.807, 2.05) is 20.8 Å². The zero-order valence-corrected chi connectivity index (χ0v) is 14.8. The van der Waals surface area contributed by atoms with Gasteiger partial charge in [0.25, 0.3) is 0 Å². The number of alkyl carbamates (subject to hydrolysis) is 1. The van der Waals surface area contributed by atoms with Gasteiger partial charge >= 0.3 is 6.09 Å². The molecule has 0 radical (unpaired) electrons. The average Bonchev–Trinajstić information content (AvgIpc) is 2.40. The number of halogens is 1. The predicted octanol–water partition coefficient (Wildman–Crippen LogP) is 3.53. The molecule has 1 aliphatic carbocycles. The molecule has 1 aromatic rings. The van der Waals surface area contributed by atoms with Gasteiger partial charge in [0.1, 0.15) is 17.2 Å². The third kappa shape index (κ3) is 5.37. The van der Waals surface area contributed by atoms with Gasteiger partial charge in [0, 0.05) is 17.6 Å². The number of hydrogen-bond donors (Lipinski definition) is 2. The molecule has 2 rings (SSSR count). The van der Waals surface area contributed by atoms with Crippen molar-refractivity contribution in [1.82, 2.24) is 5.32 Å². The van der Waals surface area contributed by atoms with Crippen molar-refractivity contribution in [2.45, 2.75) is 58.2 Å². The molecule has 5 nitrogen and oxygen atoms in total. The Morgan fingerprint density at radius 2 is 2.08 bits per heavy atom. The van der Waals surface area contributed by atoms with Crippen molar-refractivity contribution >= 4 is 6.09 Å². The van der Waals surface area contributed by atoms with Gasteiger partial charge in [-0.2, -0.15) is 0 Å². The van der Waals surface area contributed by atoms with Crippen LogP contribution in [0.15, 0.2) is 18.2 Å². The summed E-state index contributed by atoms with van der Waals surface area (Å²) in [5.41, 5.74) is 6.03. The smallest absolute Gasteiger partial charge is 0.407 e. The minimum absolute atomic E-state index is 0.120.